The third-order valence-electron chi connectivity index (χ3n) is 3.68. The molecule has 1 fully saturated rings. The zero-order chi connectivity index (χ0) is 18.4. The Bertz CT molecular complexity index is 608. The van der Waals surface area contributed by atoms with Crippen molar-refractivity contribution in [3.8, 4) is 0 Å². The first-order chi connectivity index (χ1) is 11.9. The zero-order valence-corrected chi connectivity index (χ0v) is 15.1. The van der Waals surface area contributed by atoms with E-state index in [2.05, 4.69) is 10.3 Å². The van der Waals surface area contributed by atoms with Gasteiger partial charge in [0.2, 0.25) is 5.91 Å². The molecule has 0 saturated carbocycles. The van der Waals surface area contributed by atoms with E-state index >= 15 is 0 Å². The smallest absolute Gasteiger partial charge is 0.290 e. The Morgan fingerprint density at radius 2 is 1.96 bits per heavy atom. The molecule has 6 nitrogen and oxygen atoms in total. The van der Waals surface area contributed by atoms with Crippen LogP contribution in [0.3, 0.4) is 0 Å². The zero-order valence-electron chi connectivity index (χ0n) is 14.2. The van der Waals surface area contributed by atoms with Crippen LogP contribution in [0.4, 0.5) is 8.78 Å². The van der Waals surface area contributed by atoms with Crippen molar-refractivity contribution < 1.29 is 18.4 Å². The summed E-state index contributed by atoms with van der Waals surface area (Å²) in [4.78, 5) is 31.9. The Morgan fingerprint density at radius 3 is 2.56 bits per heavy atom. The maximum atomic E-state index is 12.6. The average Bonchev–Trinajstić information content (AvgIpc) is 2.54. The lowest BCUT2D eigenvalue weighted by atomic mass is 10.2. The molecular formula is C16H22F2N4O2S. The number of carbonyl (C=O) groups is 2. The van der Waals surface area contributed by atoms with Crippen molar-refractivity contribution in [2.45, 2.75) is 30.7 Å². The number of pyridine rings is 1. The summed E-state index contributed by atoms with van der Waals surface area (Å²) in [7, 11) is 0. The number of nitrogens with zero attached hydrogens (tertiary/aromatic N) is 3. The summed E-state index contributed by atoms with van der Waals surface area (Å²) >= 11 is 0.277. The van der Waals surface area contributed by atoms with Crippen LogP contribution < -0.4 is 5.32 Å². The SMILES string of the molecule is CC(C)NC(=O)CN1CCN(C(=O)c2cccnc2SC(F)F)CC1. The second-order valence-corrected chi connectivity index (χ2v) is 7.00. The maximum Gasteiger partial charge on any atom is 0.290 e. The van der Waals surface area contributed by atoms with Crippen LogP contribution >= 0.6 is 11.8 Å². The Morgan fingerprint density at radius 1 is 1.28 bits per heavy atom. The van der Waals surface area contributed by atoms with Gasteiger partial charge < -0.3 is 10.2 Å². The Hall–Kier alpha value is -1.74. The molecule has 1 aliphatic heterocycles. The van der Waals surface area contributed by atoms with Crippen molar-refractivity contribution in [2.24, 2.45) is 0 Å². The first-order valence-electron chi connectivity index (χ1n) is 8.07. The summed E-state index contributed by atoms with van der Waals surface area (Å²) in [5.74, 6) is -2.97. The molecule has 0 aromatic carbocycles. The van der Waals surface area contributed by atoms with Crippen LogP contribution in [0, 0.1) is 0 Å². The highest BCUT2D eigenvalue weighted by atomic mass is 32.2. The van der Waals surface area contributed by atoms with Crippen LogP contribution in [0.1, 0.15) is 24.2 Å². The maximum absolute atomic E-state index is 12.6. The van der Waals surface area contributed by atoms with Crippen molar-refractivity contribution in [2.75, 3.05) is 32.7 Å². The fourth-order valence-electron chi connectivity index (χ4n) is 2.58. The second-order valence-electron chi connectivity index (χ2n) is 6.03. The van der Waals surface area contributed by atoms with Crippen LogP contribution in [0.15, 0.2) is 23.4 Å². The molecule has 1 aromatic heterocycles. The van der Waals surface area contributed by atoms with Crippen molar-refractivity contribution in [3.05, 3.63) is 23.9 Å². The lowest BCUT2D eigenvalue weighted by Crippen LogP contribution is -2.51. The van der Waals surface area contributed by atoms with Crippen LogP contribution in [0.2, 0.25) is 0 Å². The quantitative estimate of drug-likeness (QED) is 0.770. The number of carbonyl (C=O) groups excluding carboxylic acids is 2. The van der Waals surface area contributed by atoms with E-state index in [1.807, 2.05) is 18.7 Å². The van der Waals surface area contributed by atoms with E-state index in [9.17, 15) is 18.4 Å². The molecule has 2 amide bonds. The number of hydrogen-bond acceptors (Lipinski definition) is 5. The molecule has 25 heavy (non-hydrogen) atoms. The lowest BCUT2D eigenvalue weighted by molar-refractivity contribution is -0.123. The van der Waals surface area contributed by atoms with Crippen molar-refractivity contribution in [3.63, 3.8) is 0 Å². The highest BCUT2D eigenvalue weighted by Gasteiger charge is 2.26. The molecule has 2 heterocycles. The van der Waals surface area contributed by atoms with Gasteiger partial charge in [-0.2, -0.15) is 8.78 Å². The van der Waals surface area contributed by atoms with Crippen LogP contribution in [-0.4, -0.2) is 71.1 Å². The summed E-state index contributed by atoms with van der Waals surface area (Å²) in [6, 6.07) is 3.17. The number of nitrogens with one attached hydrogen (secondary N) is 1. The minimum atomic E-state index is -2.63. The van der Waals surface area contributed by atoms with Crippen molar-refractivity contribution >= 4 is 23.6 Å². The average molecular weight is 372 g/mol. The highest BCUT2D eigenvalue weighted by molar-refractivity contribution is 7.99. The van der Waals surface area contributed by atoms with Gasteiger partial charge in [-0.1, -0.05) is 0 Å². The van der Waals surface area contributed by atoms with E-state index in [0.717, 1.165) is 0 Å². The molecule has 1 N–H and O–H groups in total. The van der Waals surface area contributed by atoms with Gasteiger partial charge in [-0.25, -0.2) is 4.98 Å². The first-order valence-corrected chi connectivity index (χ1v) is 8.95. The molecule has 2 rings (SSSR count). The molecule has 0 radical (unpaired) electrons. The van der Waals surface area contributed by atoms with Crippen LogP contribution in [0.5, 0.6) is 0 Å². The predicted molar refractivity (Wildman–Crippen MR) is 91.7 cm³/mol. The third-order valence-corrected chi connectivity index (χ3v) is 4.41. The first kappa shape index (κ1) is 19.6. The minimum Gasteiger partial charge on any atom is -0.353 e. The van der Waals surface area contributed by atoms with Gasteiger partial charge in [0.15, 0.2) is 0 Å². The fourth-order valence-corrected chi connectivity index (χ4v) is 3.15. The van der Waals surface area contributed by atoms with Gasteiger partial charge in [0.25, 0.3) is 11.7 Å². The van der Waals surface area contributed by atoms with Gasteiger partial charge in [0, 0.05) is 38.4 Å². The van der Waals surface area contributed by atoms with E-state index in [1.54, 1.807) is 11.0 Å². The van der Waals surface area contributed by atoms with Gasteiger partial charge in [-0.15, -0.1) is 0 Å². The number of rotatable bonds is 6. The summed E-state index contributed by atoms with van der Waals surface area (Å²) in [6.45, 7) is 6.11. The molecule has 0 atom stereocenters. The van der Waals surface area contributed by atoms with E-state index in [-0.39, 0.29) is 40.2 Å². The largest absolute Gasteiger partial charge is 0.353 e. The normalized spacial score (nSPS) is 15.7. The number of aromatic nitrogens is 1. The molecule has 0 unspecified atom stereocenters. The number of thioether (sulfide) groups is 1. The summed E-state index contributed by atoms with van der Waals surface area (Å²) in [6.07, 6.45) is 1.40. The molecule has 1 aromatic rings. The molecule has 1 aliphatic rings. The van der Waals surface area contributed by atoms with Gasteiger partial charge in [-0.05, 0) is 37.7 Å². The standard InChI is InChI=1S/C16H22F2N4O2S/c1-11(2)20-13(23)10-21-6-8-22(9-7-21)15(24)12-4-3-5-19-14(12)25-16(17)18/h3-5,11,16H,6-10H2,1-2H3,(H,20,23). The van der Waals surface area contributed by atoms with E-state index in [1.165, 1.54) is 12.3 Å². The Labute approximate surface area is 150 Å². The molecule has 1 saturated heterocycles. The number of halogens is 2. The van der Waals surface area contributed by atoms with Crippen LogP contribution in [0.25, 0.3) is 0 Å². The summed E-state index contributed by atoms with van der Waals surface area (Å²) in [5.41, 5.74) is 0.193. The van der Waals surface area contributed by atoms with Crippen molar-refractivity contribution in [1.29, 1.82) is 0 Å². The number of hydrogen-bond donors (Lipinski definition) is 1. The Balaban J connectivity index is 1.92. The van der Waals surface area contributed by atoms with Gasteiger partial charge >= 0.3 is 0 Å². The van der Waals surface area contributed by atoms with E-state index in [0.29, 0.717) is 32.7 Å². The van der Waals surface area contributed by atoms with Gasteiger partial charge in [-0.3, -0.25) is 14.5 Å². The van der Waals surface area contributed by atoms with E-state index in [4.69, 9.17) is 0 Å². The second kappa shape index (κ2) is 9.10. The molecule has 9 heteroatoms. The minimum absolute atomic E-state index is 0.0428. The van der Waals surface area contributed by atoms with Gasteiger partial charge in [0.1, 0.15) is 5.03 Å². The molecule has 0 bridgehead atoms. The topological polar surface area (TPSA) is 65.5 Å². The molecular weight excluding hydrogens is 350 g/mol. The third kappa shape index (κ3) is 5.93. The highest BCUT2D eigenvalue weighted by Crippen LogP contribution is 2.27. The molecule has 0 aliphatic carbocycles. The number of amides is 2. The molecule has 138 valence electrons. The fraction of sp³-hybridized carbons (Fsp3) is 0.562. The lowest BCUT2D eigenvalue weighted by Gasteiger charge is -2.34. The summed E-state index contributed by atoms with van der Waals surface area (Å²) < 4.78 is 25.2. The van der Waals surface area contributed by atoms with Crippen LogP contribution in [-0.2, 0) is 4.79 Å². The van der Waals surface area contributed by atoms with E-state index < -0.39 is 5.76 Å². The molecule has 0 spiro atoms. The monoisotopic (exact) mass is 372 g/mol. The summed E-state index contributed by atoms with van der Waals surface area (Å²) in [5, 5.41) is 2.88. The van der Waals surface area contributed by atoms with Crippen molar-refractivity contribution in [1.82, 2.24) is 20.1 Å². The van der Waals surface area contributed by atoms with Gasteiger partial charge in [0.05, 0.1) is 12.1 Å². The number of piperazine rings is 1. The number of alkyl halides is 2. The predicted octanol–water partition coefficient (Wildman–Crippen LogP) is 1.68. The Kier molecular flexibility index (Phi) is 7.12.